The SMILES string of the molecule is CNCCN(C)C(=O)c1ncncc1Cl.Cl. The fourth-order valence-corrected chi connectivity index (χ4v) is 1.22. The van der Waals surface area contributed by atoms with Crippen molar-refractivity contribution in [1.82, 2.24) is 20.2 Å². The van der Waals surface area contributed by atoms with Crippen LogP contribution in [0, 0.1) is 0 Å². The molecule has 1 amide bonds. The van der Waals surface area contributed by atoms with Crippen molar-refractivity contribution in [2.45, 2.75) is 0 Å². The van der Waals surface area contributed by atoms with Crippen molar-refractivity contribution in [3.8, 4) is 0 Å². The minimum atomic E-state index is -0.197. The number of rotatable bonds is 4. The number of amides is 1. The van der Waals surface area contributed by atoms with Crippen LogP contribution < -0.4 is 5.32 Å². The summed E-state index contributed by atoms with van der Waals surface area (Å²) >= 11 is 5.81. The van der Waals surface area contributed by atoms with Crippen LogP contribution in [-0.2, 0) is 0 Å². The van der Waals surface area contributed by atoms with Gasteiger partial charge >= 0.3 is 0 Å². The lowest BCUT2D eigenvalue weighted by Crippen LogP contribution is -2.33. The number of carbonyl (C=O) groups is 1. The maximum Gasteiger partial charge on any atom is 0.273 e. The van der Waals surface area contributed by atoms with E-state index in [0.29, 0.717) is 6.54 Å². The lowest BCUT2D eigenvalue weighted by molar-refractivity contribution is 0.0791. The topological polar surface area (TPSA) is 58.1 Å². The maximum absolute atomic E-state index is 11.8. The second-order valence-electron chi connectivity index (χ2n) is 3.05. The summed E-state index contributed by atoms with van der Waals surface area (Å²) in [6.07, 6.45) is 2.72. The van der Waals surface area contributed by atoms with E-state index < -0.39 is 0 Å². The van der Waals surface area contributed by atoms with Crippen LogP contribution in [0.5, 0.6) is 0 Å². The Labute approximate surface area is 106 Å². The highest BCUT2D eigenvalue weighted by atomic mass is 35.5. The van der Waals surface area contributed by atoms with Gasteiger partial charge in [-0.05, 0) is 7.05 Å². The zero-order chi connectivity index (χ0) is 11.3. The Hall–Kier alpha value is -0.910. The van der Waals surface area contributed by atoms with Gasteiger partial charge in [0.1, 0.15) is 12.0 Å². The van der Waals surface area contributed by atoms with E-state index in [4.69, 9.17) is 11.6 Å². The molecule has 0 radical (unpaired) electrons. The number of hydrogen-bond acceptors (Lipinski definition) is 4. The van der Waals surface area contributed by atoms with Crippen LogP contribution in [0.25, 0.3) is 0 Å². The minimum absolute atomic E-state index is 0. The van der Waals surface area contributed by atoms with Gasteiger partial charge < -0.3 is 10.2 Å². The first-order chi connectivity index (χ1) is 7.16. The summed E-state index contributed by atoms with van der Waals surface area (Å²) in [5.74, 6) is -0.197. The van der Waals surface area contributed by atoms with Gasteiger partial charge in [0, 0.05) is 26.3 Å². The van der Waals surface area contributed by atoms with E-state index in [1.54, 1.807) is 11.9 Å². The maximum atomic E-state index is 11.8. The third-order valence-electron chi connectivity index (χ3n) is 1.91. The number of likely N-dealkylation sites (N-methyl/N-ethyl adjacent to an activating group) is 2. The fourth-order valence-electron chi connectivity index (χ4n) is 1.03. The second kappa shape index (κ2) is 7.38. The fraction of sp³-hybridized carbons (Fsp3) is 0.444. The van der Waals surface area contributed by atoms with E-state index >= 15 is 0 Å². The van der Waals surface area contributed by atoms with E-state index in [2.05, 4.69) is 15.3 Å². The van der Waals surface area contributed by atoms with Gasteiger partial charge in [0.15, 0.2) is 0 Å². The average Bonchev–Trinajstić information content (AvgIpc) is 2.25. The van der Waals surface area contributed by atoms with Gasteiger partial charge in [-0.1, -0.05) is 11.6 Å². The smallest absolute Gasteiger partial charge is 0.273 e. The molecule has 90 valence electrons. The molecule has 0 saturated heterocycles. The molecule has 0 unspecified atom stereocenters. The molecule has 7 heteroatoms. The van der Waals surface area contributed by atoms with Crippen molar-refractivity contribution in [3.05, 3.63) is 23.2 Å². The Morgan fingerprint density at radius 2 is 2.31 bits per heavy atom. The van der Waals surface area contributed by atoms with Crippen LogP contribution in [0.15, 0.2) is 12.5 Å². The van der Waals surface area contributed by atoms with Crippen LogP contribution in [-0.4, -0.2) is 48.0 Å². The molecule has 16 heavy (non-hydrogen) atoms. The normalized spacial score (nSPS) is 9.44. The summed E-state index contributed by atoms with van der Waals surface area (Å²) < 4.78 is 0. The van der Waals surface area contributed by atoms with Gasteiger partial charge in [-0.3, -0.25) is 4.79 Å². The van der Waals surface area contributed by atoms with Crippen molar-refractivity contribution < 1.29 is 4.79 Å². The van der Waals surface area contributed by atoms with Crippen LogP contribution in [0.3, 0.4) is 0 Å². The molecule has 1 aromatic heterocycles. The minimum Gasteiger partial charge on any atom is -0.339 e. The zero-order valence-electron chi connectivity index (χ0n) is 9.11. The van der Waals surface area contributed by atoms with Gasteiger partial charge in [0.05, 0.1) is 5.02 Å². The Balaban J connectivity index is 0.00000225. The molecule has 0 aliphatic heterocycles. The third-order valence-corrected chi connectivity index (χ3v) is 2.19. The van der Waals surface area contributed by atoms with Gasteiger partial charge in [0.2, 0.25) is 0 Å². The molecule has 5 nitrogen and oxygen atoms in total. The van der Waals surface area contributed by atoms with Gasteiger partial charge in [-0.15, -0.1) is 12.4 Å². The molecule has 0 bridgehead atoms. The molecule has 1 heterocycles. The monoisotopic (exact) mass is 264 g/mol. The molecule has 1 aromatic rings. The first-order valence-electron chi connectivity index (χ1n) is 4.52. The van der Waals surface area contributed by atoms with Crippen LogP contribution in [0.1, 0.15) is 10.5 Å². The molecular weight excluding hydrogens is 251 g/mol. The molecule has 0 aromatic carbocycles. The Morgan fingerprint density at radius 1 is 1.62 bits per heavy atom. The first kappa shape index (κ1) is 15.1. The molecular formula is C9H14Cl2N4O. The van der Waals surface area contributed by atoms with Crippen molar-refractivity contribution in [1.29, 1.82) is 0 Å². The molecule has 0 aliphatic carbocycles. The van der Waals surface area contributed by atoms with E-state index in [-0.39, 0.29) is 29.0 Å². The molecule has 0 saturated carbocycles. The molecule has 1 rings (SSSR count). The van der Waals surface area contributed by atoms with Crippen molar-refractivity contribution in [2.75, 3.05) is 27.2 Å². The van der Waals surface area contributed by atoms with Gasteiger partial charge in [-0.25, -0.2) is 9.97 Å². The number of hydrogen-bond donors (Lipinski definition) is 1. The average molecular weight is 265 g/mol. The highest BCUT2D eigenvalue weighted by Crippen LogP contribution is 2.12. The number of aromatic nitrogens is 2. The summed E-state index contributed by atoms with van der Waals surface area (Å²) in [5.41, 5.74) is 0.241. The van der Waals surface area contributed by atoms with E-state index in [1.807, 2.05) is 7.05 Å². The molecule has 0 aliphatic rings. The van der Waals surface area contributed by atoms with Crippen molar-refractivity contribution in [2.24, 2.45) is 0 Å². The largest absolute Gasteiger partial charge is 0.339 e. The van der Waals surface area contributed by atoms with Crippen molar-refractivity contribution >= 4 is 29.9 Å². The summed E-state index contributed by atoms with van der Waals surface area (Å²) in [7, 11) is 3.54. The Kier molecular flexibility index (Phi) is 6.96. The molecule has 0 spiro atoms. The second-order valence-corrected chi connectivity index (χ2v) is 3.46. The van der Waals surface area contributed by atoms with Gasteiger partial charge in [0.25, 0.3) is 5.91 Å². The number of nitrogens with one attached hydrogen (secondary N) is 1. The highest BCUT2D eigenvalue weighted by Gasteiger charge is 2.15. The van der Waals surface area contributed by atoms with E-state index in [1.165, 1.54) is 12.5 Å². The zero-order valence-corrected chi connectivity index (χ0v) is 10.7. The van der Waals surface area contributed by atoms with Crippen LogP contribution >= 0.6 is 24.0 Å². The van der Waals surface area contributed by atoms with Crippen LogP contribution in [0.4, 0.5) is 0 Å². The lowest BCUT2D eigenvalue weighted by Gasteiger charge is -2.16. The summed E-state index contributed by atoms with van der Waals surface area (Å²) in [6, 6.07) is 0. The third kappa shape index (κ3) is 3.92. The number of carbonyl (C=O) groups excluding carboxylic acids is 1. The predicted molar refractivity (Wildman–Crippen MR) is 65.2 cm³/mol. The quantitative estimate of drug-likeness (QED) is 0.876. The Morgan fingerprint density at radius 3 is 2.88 bits per heavy atom. The molecule has 1 N–H and O–H groups in total. The Bertz CT molecular complexity index is 348. The summed E-state index contributed by atoms with van der Waals surface area (Å²) in [4.78, 5) is 20.9. The van der Waals surface area contributed by atoms with Crippen molar-refractivity contribution in [3.63, 3.8) is 0 Å². The highest BCUT2D eigenvalue weighted by molar-refractivity contribution is 6.33. The molecule has 0 atom stereocenters. The van der Waals surface area contributed by atoms with Gasteiger partial charge in [-0.2, -0.15) is 0 Å². The molecule has 0 fully saturated rings. The summed E-state index contributed by atoms with van der Waals surface area (Å²) in [6.45, 7) is 1.33. The first-order valence-corrected chi connectivity index (χ1v) is 4.90. The standard InChI is InChI=1S/C9H13ClN4O.ClH/c1-11-3-4-14(2)9(15)8-7(10)5-12-6-13-8;/h5-6,11H,3-4H2,1-2H3;1H. The number of halogens is 2. The number of nitrogens with zero attached hydrogens (tertiary/aromatic N) is 3. The predicted octanol–water partition coefficient (Wildman–Crippen LogP) is 0.843. The van der Waals surface area contributed by atoms with Crippen LogP contribution in [0.2, 0.25) is 5.02 Å². The van der Waals surface area contributed by atoms with E-state index in [9.17, 15) is 4.79 Å². The van der Waals surface area contributed by atoms with E-state index in [0.717, 1.165) is 6.54 Å². The lowest BCUT2D eigenvalue weighted by atomic mass is 10.3. The summed E-state index contributed by atoms with van der Waals surface area (Å²) in [5, 5.41) is 3.24.